The Morgan fingerprint density at radius 3 is 2.46 bits per heavy atom. The fourth-order valence-electron chi connectivity index (χ4n) is 5.71. The van der Waals surface area contributed by atoms with Crippen LogP contribution in [0.4, 0.5) is 4.39 Å². The molecule has 0 aliphatic carbocycles. The predicted molar refractivity (Wildman–Crippen MR) is 132 cm³/mol. The minimum Gasteiger partial charge on any atom is -0.356 e. The molecule has 1 fully saturated rings. The number of rotatable bonds is 3. The van der Waals surface area contributed by atoms with Crippen LogP contribution in [0.1, 0.15) is 40.8 Å². The van der Waals surface area contributed by atoms with Crippen molar-refractivity contribution in [1.29, 1.82) is 0 Å². The topological polar surface area (TPSA) is 56.4 Å². The summed E-state index contributed by atoms with van der Waals surface area (Å²) >= 11 is 0. The molecule has 0 radical (unpaired) electrons. The maximum atomic E-state index is 14.1. The number of nitrogens with zero attached hydrogens (tertiary/aromatic N) is 2. The zero-order valence-corrected chi connectivity index (χ0v) is 19.7. The van der Waals surface area contributed by atoms with Gasteiger partial charge in [0.2, 0.25) is 5.91 Å². The minimum atomic E-state index is -1.15. The van der Waals surface area contributed by atoms with Crippen molar-refractivity contribution < 1.29 is 14.0 Å². The van der Waals surface area contributed by atoms with Crippen molar-refractivity contribution in [1.82, 2.24) is 14.8 Å². The average molecular weight is 468 g/mol. The summed E-state index contributed by atoms with van der Waals surface area (Å²) < 4.78 is 13.4. The van der Waals surface area contributed by atoms with Gasteiger partial charge >= 0.3 is 0 Å². The fraction of sp³-hybridized carbons (Fsp3) is 0.241. The van der Waals surface area contributed by atoms with Gasteiger partial charge in [-0.25, -0.2) is 4.39 Å². The Bertz CT molecular complexity index is 1460. The molecule has 2 atom stereocenters. The highest BCUT2D eigenvalue weighted by atomic mass is 19.1. The van der Waals surface area contributed by atoms with Crippen LogP contribution in [0.3, 0.4) is 0 Å². The highest BCUT2D eigenvalue weighted by Crippen LogP contribution is 2.48. The van der Waals surface area contributed by atoms with Gasteiger partial charge in [0.15, 0.2) is 5.54 Å². The molecular formula is C29H26FN3O2. The van der Waals surface area contributed by atoms with Gasteiger partial charge in [0.05, 0.1) is 5.69 Å². The molecule has 6 rings (SSSR count). The molecule has 2 aliphatic rings. The van der Waals surface area contributed by atoms with Crippen molar-refractivity contribution in [2.24, 2.45) is 0 Å². The Hall–Kier alpha value is -3.93. The van der Waals surface area contributed by atoms with Crippen LogP contribution in [0.2, 0.25) is 0 Å². The van der Waals surface area contributed by atoms with Gasteiger partial charge in [-0.05, 0) is 48.7 Å². The molecule has 176 valence electrons. The van der Waals surface area contributed by atoms with Gasteiger partial charge in [-0.1, -0.05) is 60.2 Å². The van der Waals surface area contributed by atoms with E-state index in [1.165, 1.54) is 17.7 Å². The number of fused-ring (bicyclic) bond motifs is 5. The third-order valence-corrected chi connectivity index (χ3v) is 7.58. The SMILES string of the molecule is Cc1ccc([C@@H]2CN3C(=O)CN(Cc4ccc(F)cc4)C(=O)[C@]3(C)c3[nH]c4ccccc4c32)cc1. The molecule has 3 heterocycles. The van der Waals surface area contributed by atoms with E-state index in [0.717, 1.165) is 33.3 Å². The minimum absolute atomic E-state index is 0.00196. The molecule has 0 unspecified atom stereocenters. The first-order valence-electron chi connectivity index (χ1n) is 11.9. The van der Waals surface area contributed by atoms with E-state index in [-0.39, 0.29) is 36.6 Å². The first-order chi connectivity index (χ1) is 16.9. The molecule has 3 aromatic carbocycles. The quantitative estimate of drug-likeness (QED) is 0.469. The first-order valence-corrected chi connectivity index (χ1v) is 11.9. The lowest BCUT2D eigenvalue weighted by Gasteiger charge is -2.51. The largest absolute Gasteiger partial charge is 0.356 e. The van der Waals surface area contributed by atoms with Gasteiger partial charge in [0, 0.05) is 29.9 Å². The summed E-state index contributed by atoms with van der Waals surface area (Å²) in [5, 5.41) is 1.07. The fourth-order valence-corrected chi connectivity index (χ4v) is 5.71. The van der Waals surface area contributed by atoms with Crippen LogP contribution >= 0.6 is 0 Å². The van der Waals surface area contributed by atoms with Gasteiger partial charge in [-0.15, -0.1) is 0 Å². The maximum absolute atomic E-state index is 14.1. The van der Waals surface area contributed by atoms with Gasteiger partial charge in [0.25, 0.3) is 5.91 Å². The third kappa shape index (κ3) is 3.27. The monoisotopic (exact) mass is 467 g/mol. The molecule has 0 saturated carbocycles. The Kier molecular flexibility index (Phi) is 4.81. The molecule has 1 N–H and O–H groups in total. The van der Waals surface area contributed by atoms with E-state index in [1.807, 2.05) is 25.1 Å². The van der Waals surface area contributed by atoms with Crippen LogP contribution in [0.25, 0.3) is 10.9 Å². The number of carbonyl (C=O) groups excluding carboxylic acids is 2. The number of nitrogens with one attached hydrogen (secondary N) is 1. The van der Waals surface area contributed by atoms with Crippen molar-refractivity contribution in [2.45, 2.75) is 31.8 Å². The number of aromatic amines is 1. The Balaban J connectivity index is 1.49. The molecule has 35 heavy (non-hydrogen) atoms. The summed E-state index contributed by atoms with van der Waals surface area (Å²) in [5.74, 6) is -0.590. The summed E-state index contributed by atoms with van der Waals surface area (Å²) in [6, 6.07) is 22.5. The summed E-state index contributed by atoms with van der Waals surface area (Å²) in [7, 11) is 0. The summed E-state index contributed by atoms with van der Waals surface area (Å²) in [6.07, 6.45) is 0. The highest BCUT2D eigenvalue weighted by Gasteiger charge is 2.56. The lowest BCUT2D eigenvalue weighted by atomic mass is 9.76. The number of carbonyl (C=O) groups is 2. The van der Waals surface area contributed by atoms with Gasteiger partial charge in [0.1, 0.15) is 12.4 Å². The number of H-pyrrole nitrogens is 1. The number of halogens is 1. The summed E-state index contributed by atoms with van der Waals surface area (Å²) in [5.41, 5.74) is 4.74. The van der Waals surface area contributed by atoms with E-state index < -0.39 is 5.54 Å². The van der Waals surface area contributed by atoms with E-state index in [4.69, 9.17) is 0 Å². The molecule has 2 aliphatic heterocycles. The van der Waals surface area contributed by atoms with E-state index in [1.54, 1.807) is 21.9 Å². The second-order valence-electron chi connectivity index (χ2n) is 9.79. The van der Waals surface area contributed by atoms with Gasteiger partial charge in [-0.2, -0.15) is 0 Å². The van der Waals surface area contributed by atoms with Crippen molar-refractivity contribution in [3.05, 3.63) is 107 Å². The number of hydrogen-bond donors (Lipinski definition) is 1. The number of benzene rings is 3. The number of hydrogen-bond acceptors (Lipinski definition) is 2. The molecule has 0 bridgehead atoms. The molecule has 0 spiro atoms. The second-order valence-corrected chi connectivity index (χ2v) is 9.79. The molecule has 4 aromatic rings. The normalized spacial score (nSPS) is 21.9. The molecular weight excluding hydrogens is 441 g/mol. The lowest BCUT2D eigenvalue weighted by Crippen LogP contribution is -2.67. The standard InChI is InChI=1S/C29H26FN3O2/c1-18-7-11-20(12-8-18)23-16-33-25(34)17-32(15-19-9-13-21(30)14-10-19)28(35)29(33,2)27-26(23)22-5-3-4-6-24(22)31-27/h3-14,23,31H,15-17H2,1-2H3/t23-,29-/m0/s1. The number of aromatic nitrogens is 1. The van der Waals surface area contributed by atoms with E-state index >= 15 is 0 Å². The van der Waals surface area contributed by atoms with Crippen LogP contribution < -0.4 is 0 Å². The molecule has 6 heteroatoms. The molecule has 1 saturated heterocycles. The van der Waals surface area contributed by atoms with Crippen molar-refractivity contribution in [3.8, 4) is 0 Å². The third-order valence-electron chi connectivity index (χ3n) is 7.58. The Morgan fingerprint density at radius 2 is 1.71 bits per heavy atom. The number of aryl methyl sites for hydroxylation is 1. The van der Waals surface area contributed by atoms with Crippen molar-refractivity contribution in [3.63, 3.8) is 0 Å². The molecule has 1 aromatic heterocycles. The number of para-hydroxylation sites is 1. The van der Waals surface area contributed by atoms with Gasteiger partial charge < -0.3 is 14.8 Å². The lowest BCUT2D eigenvalue weighted by molar-refractivity contribution is -0.166. The Morgan fingerprint density at radius 1 is 1.00 bits per heavy atom. The van der Waals surface area contributed by atoms with E-state index in [9.17, 15) is 14.0 Å². The zero-order chi connectivity index (χ0) is 24.3. The smallest absolute Gasteiger partial charge is 0.255 e. The molecule has 5 nitrogen and oxygen atoms in total. The average Bonchev–Trinajstić information content (AvgIpc) is 3.25. The van der Waals surface area contributed by atoms with Crippen LogP contribution in [0.15, 0.2) is 72.8 Å². The molecule has 2 amide bonds. The number of amides is 2. The first kappa shape index (κ1) is 21.6. The van der Waals surface area contributed by atoms with Gasteiger partial charge in [-0.3, -0.25) is 9.59 Å². The van der Waals surface area contributed by atoms with Crippen molar-refractivity contribution in [2.75, 3.05) is 13.1 Å². The van der Waals surface area contributed by atoms with Crippen LogP contribution in [-0.2, 0) is 21.7 Å². The van der Waals surface area contributed by atoms with E-state index in [2.05, 4.69) is 42.2 Å². The number of piperazine rings is 1. The Labute approximate surface area is 203 Å². The summed E-state index contributed by atoms with van der Waals surface area (Å²) in [6.45, 7) is 4.60. The van der Waals surface area contributed by atoms with Crippen LogP contribution in [0, 0.1) is 12.7 Å². The maximum Gasteiger partial charge on any atom is 0.255 e. The van der Waals surface area contributed by atoms with Crippen LogP contribution in [0.5, 0.6) is 0 Å². The van der Waals surface area contributed by atoms with Crippen LogP contribution in [-0.4, -0.2) is 39.7 Å². The summed E-state index contributed by atoms with van der Waals surface area (Å²) in [4.78, 5) is 34.5. The predicted octanol–water partition coefficient (Wildman–Crippen LogP) is 4.85. The highest BCUT2D eigenvalue weighted by molar-refractivity contribution is 6.01. The zero-order valence-electron chi connectivity index (χ0n) is 19.7. The second kappa shape index (κ2) is 7.80. The van der Waals surface area contributed by atoms with E-state index in [0.29, 0.717) is 6.54 Å². The van der Waals surface area contributed by atoms with Crippen molar-refractivity contribution >= 4 is 22.7 Å².